The zero-order valence-corrected chi connectivity index (χ0v) is 10.9. The van der Waals surface area contributed by atoms with E-state index in [1.165, 1.54) is 0 Å². The Morgan fingerprint density at radius 3 is 2.87 bits per heavy atom. The number of amides is 1. The molecular formula is C11H13BrClNO. The monoisotopic (exact) mass is 289 g/mol. The van der Waals surface area contributed by atoms with E-state index in [-0.39, 0.29) is 5.91 Å². The van der Waals surface area contributed by atoms with Crippen LogP contribution in [0.3, 0.4) is 0 Å². The van der Waals surface area contributed by atoms with Crippen LogP contribution in [-0.2, 0) is 11.3 Å². The Morgan fingerprint density at radius 1 is 1.53 bits per heavy atom. The maximum absolute atomic E-state index is 11.2. The Balaban J connectivity index is 2.54. The predicted molar refractivity (Wildman–Crippen MR) is 65.9 cm³/mol. The highest BCUT2D eigenvalue weighted by molar-refractivity contribution is 9.10. The number of rotatable bonds is 4. The zero-order chi connectivity index (χ0) is 11.3. The molecule has 1 aromatic rings. The van der Waals surface area contributed by atoms with Crippen molar-refractivity contribution in [1.29, 1.82) is 0 Å². The molecule has 4 heteroatoms. The quantitative estimate of drug-likeness (QED) is 0.903. The van der Waals surface area contributed by atoms with Gasteiger partial charge in [0.15, 0.2) is 0 Å². The third-order valence-electron chi connectivity index (χ3n) is 1.97. The maximum atomic E-state index is 11.2. The summed E-state index contributed by atoms with van der Waals surface area (Å²) in [5.74, 6) is 0.0662. The van der Waals surface area contributed by atoms with E-state index >= 15 is 0 Å². The minimum Gasteiger partial charge on any atom is -0.352 e. The summed E-state index contributed by atoms with van der Waals surface area (Å²) >= 11 is 9.34. The lowest BCUT2D eigenvalue weighted by Crippen LogP contribution is -2.22. The second-order valence-electron chi connectivity index (χ2n) is 3.26. The second-order valence-corrected chi connectivity index (χ2v) is 4.59. The Labute approximate surface area is 103 Å². The largest absolute Gasteiger partial charge is 0.352 e. The van der Waals surface area contributed by atoms with Crippen LogP contribution in [0.4, 0.5) is 0 Å². The topological polar surface area (TPSA) is 29.1 Å². The molecule has 0 aliphatic heterocycles. The molecule has 1 rings (SSSR count). The van der Waals surface area contributed by atoms with Crippen LogP contribution < -0.4 is 5.32 Å². The molecule has 0 fully saturated rings. The molecule has 0 heterocycles. The minimum absolute atomic E-state index is 0.0662. The van der Waals surface area contributed by atoms with Gasteiger partial charge in [-0.2, -0.15) is 0 Å². The molecule has 0 atom stereocenters. The van der Waals surface area contributed by atoms with E-state index in [4.69, 9.17) is 11.6 Å². The number of hydrogen-bond acceptors (Lipinski definition) is 1. The van der Waals surface area contributed by atoms with Crippen LogP contribution in [-0.4, -0.2) is 5.91 Å². The fourth-order valence-corrected chi connectivity index (χ4v) is 1.91. The Hall–Kier alpha value is -0.540. The van der Waals surface area contributed by atoms with Gasteiger partial charge in [0.05, 0.1) is 0 Å². The molecule has 0 aliphatic rings. The number of carbonyl (C=O) groups excluding carboxylic acids is 1. The first-order valence-electron chi connectivity index (χ1n) is 4.84. The number of halogens is 2. The lowest BCUT2D eigenvalue weighted by molar-refractivity contribution is -0.121. The smallest absolute Gasteiger partial charge is 0.220 e. The van der Waals surface area contributed by atoms with Gasteiger partial charge in [-0.05, 0) is 24.1 Å². The first-order chi connectivity index (χ1) is 7.13. The van der Waals surface area contributed by atoms with Crippen LogP contribution in [0.15, 0.2) is 22.7 Å². The van der Waals surface area contributed by atoms with Crippen molar-refractivity contribution in [2.24, 2.45) is 0 Å². The van der Waals surface area contributed by atoms with Crippen molar-refractivity contribution in [2.45, 2.75) is 26.3 Å². The van der Waals surface area contributed by atoms with Crippen molar-refractivity contribution < 1.29 is 4.79 Å². The molecule has 0 saturated heterocycles. The number of benzene rings is 1. The summed E-state index contributed by atoms with van der Waals surface area (Å²) in [4.78, 5) is 11.2. The molecule has 0 unspecified atom stereocenters. The van der Waals surface area contributed by atoms with Gasteiger partial charge in [0, 0.05) is 22.5 Å². The highest BCUT2D eigenvalue weighted by Crippen LogP contribution is 2.21. The highest BCUT2D eigenvalue weighted by atomic mass is 79.9. The summed E-state index contributed by atoms with van der Waals surface area (Å²) in [6, 6.07) is 5.63. The maximum Gasteiger partial charge on any atom is 0.220 e. The number of nitrogens with one attached hydrogen (secondary N) is 1. The van der Waals surface area contributed by atoms with Crippen molar-refractivity contribution in [2.75, 3.05) is 0 Å². The van der Waals surface area contributed by atoms with Crippen molar-refractivity contribution in [1.82, 2.24) is 5.32 Å². The van der Waals surface area contributed by atoms with Gasteiger partial charge in [-0.25, -0.2) is 0 Å². The van der Waals surface area contributed by atoms with Gasteiger partial charge < -0.3 is 5.32 Å². The molecule has 1 amide bonds. The summed E-state index contributed by atoms with van der Waals surface area (Å²) in [6.07, 6.45) is 1.42. The Bertz CT molecular complexity index is 354. The van der Waals surface area contributed by atoms with E-state index in [2.05, 4.69) is 21.2 Å². The molecular weight excluding hydrogens is 277 g/mol. The SMILES string of the molecule is CCCC(=O)NCc1ccc(Br)cc1Cl. The fraction of sp³-hybridized carbons (Fsp3) is 0.364. The van der Waals surface area contributed by atoms with Crippen LogP contribution in [0.1, 0.15) is 25.3 Å². The molecule has 82 valence electrons. The standard InChI is InChI=1S/C11H13BrClNO/c1-2-3-11(15)14-7-8-4-5-9(12)6-10(8)13/h4-6H,2-3,7H2,1H3,(H,14,15). The lowest BCUT2D eigenvalue weighted by atomic mass is 10.2. The van der Waals surface area contributed by atoms with E-state index in [0.717, 1.165) is 16.5 Å². The number of carbonyl (C=O) groups is 1. The summed E-state index contributed by atoms with van der Waals surface area (Å²) in [5, 5.41) is 3.49. The predicted octanol–water partition coefficient (Wildman–Crippen LogP) is 3.52. The van der Waals surface area contributed by atoms with Gasteiger partial charge in [0.2, 0.25) is 5.91 Å². The molecule has 0 saturated carbocycles. The van der Waals surface area contributed by atoms with Crippen LogP contribution in [0, 0.1) is 0 Å². The number of hydrogen-bond donors (Lipinski definition) is 1. The van der Waals surface area contributed by atoms with Crippen molar-refractivity contribution in [3.63, 3.8) is 0 Å². The van der Waals surface area contributed by atoms with Crippen LogP contribution >= 0.6 is 27.5 Å². The van der Waals surface area contributed by atoms with E-state index in [1.54, 1.807) is 0 Å². The third-order valence-corrected chi connectivity index (χ3v) is 2.81. The first-order valence-corrected chi connectivity index (χ1v) is 6.01. The van der Waals surface area contributed by atoms with Crippen molar-refractivity contribution in [3.8, 4) is 0 Å². The van der Waals surface area contributed by atoms with Crippen LogP contribution in [0.25, 0.3) is 0 Å². The van der Waals surface area contributed by atoms with Gasteiger partial charge in [-0.1, -0.05) is 40.5 Å². The molecule has 1 N–H and O–H groups in total. The molecule has 0 aromatic heterocycles. The van der Waals surface area contributed by atoms with Crippen LogP contribution in [0.2, 0.25) is 5.02 Å². The summed E-state index contributed by atoms with van der Waals surface area (Å²) in [6.45, 7) is 2.47. The molecule has 0 spiro atoms. The van der Waals surface area contributed by atoms with E-state index in [9.17, 15) is 4.79 Å². The Kier molecular flexibility index (Phi) is 5.12. The molecule has 2 nitrogen and oxygen atoms in total. The van der Waals surface area contributed by atoms with Gasteiger partial charge in [0.1, 0.15) is 0 Å². The molecule has 15 heavy (non-hydrogen) atoms. The van der Waals surface area contributed by atoms with Crippen LogP contribution in [0.5, 0.6) is 0 Å². The second kappa shape index (κ2) is 6.13. The van der Waals surface area contributed by atoms with Crippen molar-refractivity contribution in [3.05, 3.63) is 33.3 Å². The fourth-order valence-electron chi connectivity index (χ4n) is 1.17. The van der Waals surface area contributed by atoms with E-state index in [0.29, 0.717) is 18.0 Å². The molecule has 0 bridgehead atoms. The molecule has 1 aromatic carbocycles. The van der Waals surface area contributed by atoms with Gasteiger partial charge >= 0.3 is 0 Å². The van der Waals surface area contributed by atoms with Gasteiger partial charge in [0.25, 0.3) is 0 Å². The lowest BCUT2D eigenvalue weighted by Gasteiger charge is -2.06. The minimum atomic E-state index is 0.0662. The first kappa shape index (κ1) is 12.5. The summed E-state index contributed by atoms with van der Waals surface area (Å²) < 4.78 is 0.941. The van der Waals surface area contributed by atoms with E-state index < -0.39 is 0 Å². The zero-order valence-electron chi connectivity index (χ0n) is 8.52. The van der Waals surface area contributed by atoms with Crippen molar-refractivity contribution >= 4 is 33.4 Å². The average Bonchev–Trinajstić information content (AvgIpc) is 2.17. The third kappa shape index (κ3) is 4.22. The summed E-state index contributed by atoms with van der Waals surface area (Å²) in [5.41, 5.74) is 0.935. The average molecular weight is 291 g/mol. The molecule has 0 aliphatic carbocycles. The normalized spacial score (nSPS) is 10.1. The molecule has 0 radical (unpaired) electrons. The summed E-state index contributed by atoms with van der Waals surface area (Å²) in [7, 11) is 0. The highest BCUT2D eigenvalue weighted by Gasteiger charge is 2.03. The van der Waals surface area contributed by atoms with Gasteiger partial charge in [-0.15, -0.1) is 0 Å². The Morgan fingerprint density at radius 2 is 2.27 bits per heavy atom. The van der Waals surface area contributed by atoms with Gasteiger partial charge in [-0.3, -0.25) is 4.79 Å². The van der Waals surface area contributed by atoms with E-state index in [1.807, 2.05) is 25.1 Å².